The molecule has 0 aromatic carbocycles. The molecular formula is C7H10BNO4. The second-order valence-electron chi connectivity index (χ2n) is 2.38. The van der Waals surface area contributed by atoms with Crippen molar-refractivity contribution in [3.05, 3.63) is 18.3 Å². The van der Waals surface area contributed by atoms with Gasteiger partial charge in [0.15, 0.2) is 0 Å². The van der Waals surface area contributed by atoms with Gasteiger partial charge in [-0.05, 0) is 6.07 Å². The van der Waals surface area contributed by atoms with Gasteiger partial charge < -0.3 is 19.9 Å². The van der Waals surface area contributed by atoms with Crippen molar-refractivity contribution in [3.63, 3.8) is 0 Å². The number of hydrogen-bond acceptors (Lipinski definition) is 5. The Kier molecular flexibility index (Phi) is 3.69. The second kappa shape index (κ2) is 4.81. The molecule has 0 aliphatic carbocycles. The Morgan fingerprint density at radius 3 is 2.62 bits per heavy atom. The molecule has 1 heterocycles. The minimum atomic E-state index is -1.51. The zero-order chi connectivity index (χ0) is 9.68. The number of hydrogen-bond donors (Lipinski definition) is 3. The summed E-state index contributed by atoms with van der Waals surface area (Å²) in [6, 6.07) is 2.99. The normalized spacial score (nSPS) is 9.77. The van der Waals surface area contributed by atoms with E-state index in [4.69, 9.17) is 19.9 Å². The zero-order valence-corrected chi connectivity index (χ0v) is 6.92. The van der Waals surface area contributed by atoms with Crippen LogP contribution in [0.4, 0.5) is 0 Å². The molecule has 3 N–H and O–H groups in total. The lowest BCUT2D eigenvalue weighted by molar-refractivity contribution is 0.196. The van der Waals surface area contributed by atoms with E-state index in [9.17, 15) is 0 Å². The van der Waals surface area contributed by atoms with Crippen LogP contribution in [0.3, 0.4) is 0 Å². The predicted octanol–water partition coefficient (Wildman–Crippen LogP) is -1.87. The average Bonchev–Trinajstić information content (AvgIpc) is 2.15. The molecule has 5 nitrogen and oxygen atoms in total. The maximum Gasteiger partial charge on any atom is 0.490 e. The van der Waals surface area contributed by atoms with Crippen LogP contribution in [0, 0.1) is 0 Å². The van der Waals surface area contributed by atoms with E-state index in [-0.39, 0.29) is 13.2 Å². The van der Waals surface area contributed by atoms with Gasteiger partial charge in [-0.15, -0.1) is 0 Å². The van der Waals surface area contributed by atoms with Crippen LogP contribution < -0.4 is 10.2 Å². The number of aromatic nitrogens is 1. The smallest absolute Gasteiger partial charge is 0.475 e. The van der Waals surface area contributed by atoms with Gasteiger partial charge in [-0.1, -0.05) is 6.07 Å². The lowest BCUT2D eigenvalue weighted by atomic mass is 9.82. The highest BCUT2D eigenvalue weighted by atomic mass is 16.5. The van der Waals surface area contributed by atoms with Gasteiger partial charge in [0.05, 0.1) is 6.61 Å². The summed E-state index contributed by atoms with van der Waals surface area (Å²) in [6.45, 7) is 0.0973. The SMILES string of the molecule is OCCOc1ccc(B(O)O)cn1. The van der Waals surface area contributed by atoms with Gasteiger partial charge in [-0.2, -0.15) is 0 Å². The Balaban J connectivity index is 2.59. The van der Waals surface area contributed by atoms with Gasteiger partial charge in [-0.3, -0.25) is 0 Å². The van der Waals surface area contributed by atoms with Gasteiger partial charge in [0.1, 0.15) is 6.61 Å². The number of rotatable bonds is 4. The molecule has 1 rings (SSSR count). The maximum absolute atomic E-state index is 8.73. The molecule has 70 valence electrons. The first-order chi connectivity index (χ1) is 6.24. The molecule has 0 aliphatic rings. The van der Waals surface area contributed by atoms with Crippen molar-refractivity contribution in [2.45, 2.75) is 0 Å². The van der Waals surface area contributed by atoms with Gasteiger partial charge in [0.25, 0.3) is 0 Å². The highest BCUT2D eigenvalue weighted by molar-refractivity contribution is 6.58. The predicted molar refractivity (Wildman–Crippen MR) is 46.6 cm³/mol. The van der Waals surface area contributed by atoms with E-state index in [0.717, 1.165) is 0 Å². The average molecular weight is 183 g/mol. The zero-order valence-electron chi connectivity index (χ0n) is 6.92. The molecule has 0 aliphatic heterocycles. The lowest BCUT2D eigenvalue weighted by Gasteiger charge is -2.03. The van der Waals surface area contributed by atoms with Gasteiger partial charge >= 0.3 is 7.12 Å². The molecule has 0 fully saturated rings. The van der Waals surface area contributed by atoms with Crippen molar-refractivity contribution < 1.29 is 19.9 Å². The molecule has 0 saturated carbocycles. The summed E-state index contributed by atoms with van der Waals surface area (Å²) >= 11 is 0. The summed E-state index contributed by atoms with van der Waals surface area (Å²) in [4.78, 5) is 3.78. The van der Waals surface area contributed by atoms with Gasteiger partial charge in [0.2, 0.25) is 5.88 Å². The number of aliphatic hydroxyl groups excluding tert-OH is 1. The van der Waals surface area contributed by atoms with Crippen molar-refractivity contribution in [2.75, 3.05) is 13.2 Å². The molecule has 0 spiro atoms. The highest BCUT2D eigenvalue weighted by Gasteiger charge is 2.10. The third-order valence-electron chi connectivity index (χ3n) is 1.40. The van der Waals surface area contributed by atoms with E-state index in [1.54, 1.807) is 0 Å². The Bertz CT molecular complexity index is 251. The van der Waals surface area contributed by atoms with E-state index in [0.29, 0.717) is 11.3 Å². The Morgan fingerprint density at radius 2 is 2.15 bits per heavy atom. The van der Waals surface area contributed by atoms with Gasteiger partial charge in [0, 0.05) is 11.7 Å². The third kappa shape index (κ3) is 3.02. The molecule has 0 unspecified atom stereocenters. The molecule has 0 radical (unpaired) electrons. The van der Waals surface area contributed by atoms with Crippen molar-refractivity contribution in [3.8, 4) is 5.88 Å². The van der Waals surface area contributed by atoms with Gasteiger partial charge in [-0.25, -0.2) is 4.98 Å². The molecule has 6 heteroatoms. The van der Waals surface area contributed by atoms with Crippen LogP contribution in [-0.4, -0.2) is 40.5 Å². The Labute approximate surface area is 75.8 Å². The topological polar surface area (TPSA) is 82.8 Å². The minimum Gasteiger partial charge on any atom is -0.475 e. The van der Waals surface area contributed by atoms with E-state index in [2.05, 4.69) is 4.98 Å². The molecule has 1 aromatic heterocycles. The fraction of sp³-hybridized carbons (Fsp3) is 0.286. The number of aliphatic hydroxyl groups is 1. The largest absolute Gasteiger partial charge is 0.490 e. The Hall–Kier alpha value is -1.11. The summed E-state index contributed by atoms with van der Waals surface area (Å²) in [5, 5.41) is 25.9. The number of pyridine rings is 1. The maximum atomic E-state index is 8.73. The molecule has 13 heavy (non-hydrogen) atoms. The van der Waals surface area contributed by atoms with E-state index in [1.807, 2.05) is 0 Å². The highest BCUT2D eigenvalue weighted by Crippen LogP contribution is 2.01. The van der Waals surface area contributed by atoms with Crippen LogP contribution in [0.1, 0.15) is 0 Å². The van der Waals surface area contributed by atoms with E-state index >= 15 is 0 Å². The summed E-state index contributed by atoms with van der Waals surface area (Å²) in [6.07, 6.45) is 1.30. The van der Waals surface area contributed by atoms with E-state index in [1.165, 1.54) is 18.3 Å². The quantitative estimate of drug-likeness (QED) is 0.476. The lowest BCUT2D eigenvalue weighted by Crippen LogP contribution is -2.29. The summed E-state index contributed by atoms with van der Waals surface area (Å²) in [5.41, 5.74) is 0.302. The summed E-state index contributed by atoms with van der Waals surface area (Å²) in [5.74, 6) is 0.346. The van der Waals surface area contributed by atoms with Crippen LogP contribution in [0.15, 0.2) is 18.3 Å². The first-order valence-corrected chi connectivity index (χ1v) is 3.80. The fourth-order valence-corrected chi connectivity index (χ4v) is 0.780. The molecule has 0 bridgehead atoms. The van der Waals surface area contributed by atoms with Crippen LogP contribution in [0.25, 0.3) is 0 Å². The number of ether oxygens (including phenoxy) is 1. The summed E-state index contributed by atoms with van der Waals surface area (Å²) < 4.78 is 4.97. The van der Waals surface area contributed by atoms with Crippen molar-refractivity contribution >= 4 is 12.6 Å². The monoisotopic (exact) mass is 183 g/mol. The Morgan fingerprint density at radius 1 is 1.38 bits per heavy atom. The van der Waals surface area contributed by atoms with Crippen LogP contribution >= 0.6 is 0 Å². The molecule has 1 aromatic rings. The minimum absolute atomic E-state index is 0.0773. The standard InChI is InChI=1S/C7H10BNO4/c10-3-4-13-7-2-1-6(5-9-7)8(11)12/h1-2,5,10-12H,3-4H2. The molecule has 0 atom stereocenters. The molecule has 0 saturated heterocycles. The summed E-state index contributed by atoms with van der Waals surface area (Å²) in [7, 11) is -1.51. The molecule has 0 amide bonds. The first-order valence-electron chi connectivity index (χ1n) is 3.80. The fourth-order valence-electron chi connectivity index (χ4n) is 0.780. The van der Waals surface area contributed by atoms with Crippen LogP contribution in [-0.2, 0) is 0 Å². The van der Waals surface area contributed by atoms with Crippen molar-refractivity contribution in [1.29, 1.82) is 0 Å². The number of nitrogens with zero attached hydrogens (tertiary/aromatic N) is 1. The van der Waals surface area contributed by atoms with E-state index < -0.39 is 7.12 Å². The van der Waals surface area contributed by atoms with Crippen LogP contribution in [0.2, 0.25) is 0 Å². The van der Waals surface area contributed by atoms with Crippen LogP contribution in [0.5, 0.6) is 5.88 Å². The van der Waals surface area contributed by atoms with Crippen molar-refractivity contribution in [2.24, 2.45) is 0 Å². The first kappa shape index (κ1) is 9.98. The van der Waals surface area contributed by atoms with Crippen molar-refractivity contribution in [1.82, 2.24) is 4.98 Å². The third-order valence-corrected chi connectivity index (χ3v) is 1.40. The second-order valence-corrected chi connectivity index (χ2v) is 2.38. The molecular weight excluding hydrogens is 173 g/mol.